The Morgan fingerprint density at radius 3 is 2.72 bits per heavy atom. The summed E-state index contributed by atoms with van der Waals surface area (Å²) in [6.07, 6.45) is 0.908. The van der Waals surface area contributed by atoms with E-state index >= 15 is 0 Å². The van der Waals surface area contributed by atoms with E-state index in [9.17, 15) is 4.79 Å². The Hall–Kier alpha value is -2.31. The molecule has 1 aromatic carbocycles. The highest BCUT2D eigenvalue weighted by atomic mass is 32.1. The van der Waals surface area contributed by atoms with Crippen LogP contribution < -0.4 is 10.1 Å². The van der Waals surface area contributed by atoms with Crippen LogP contribution in [0.2, 0.25) is 0 Å². The van der Waals surface area contributed by atoms with E-state index in [-0.39, 0.29) is 12.1 Å². The van der Waals surface area contributed by atoms with Gasteiger partial charge in [0.1, 0.15) is 5.75 Å². The van der Waals surface area contributed by atoms with Gasteiger partial charge >= 0.3 is 6.03 Å². The number of urea groups is 1. The molecular weight excluding hydrogens is 352 g/mol. The third-order valence-corrected chi connectivity index (χ3v) is 6.30. The Balaban J connectivity index is 1.60. The summed E-state index contributed by atoms with van der Waals surface area (Å²) >= 11 is 3.48. The molecule has 1 atom stereocenters. The molecule has 1 unspecified atom stereocenters. The summed E-state index contributed by atoms with van der Waals surface area (Å²) in [6.45, 7) is 0.720. The first-order valence-electron chi connectivity index (χ1n) is 8.07. The van der Waals surface area contributed by atoms with Crippen molar-refractivity contribution in [1.29, 1.82) is 0 Å². The predicted molar refractivity (Wildman–Crippen MR) is 103 cm³/mol. The van der Waals surface area contributed by atoms with Gasteiger partial charge in [-0.3, -0.25) is 0 Å². The fourth-order valence-electron chi connectivity index (χ4n) is 3.16. The van der Waals surface area contributed by atoms with Crippen molar-refractivity contribution >= 4 is 34.4 Å². The minimum Gasteiger partial charge on any atom is -0.497 e. The van der Waals surface area contributed by atoms with Gasteiger partial charge in [0.15, 0.2) is 0 Å². The molecule has 6 heteroatoms. The summed E-state index contributed by atoms with van der Waals surface area (Å²) in [5, 5.41) is 7.20. The van der Waals surface area contributed by atoms with Gasteiger partial charge in [0.05, 0.1) is 13.2 Å². The van der Waals surface area contributed by atoms with Crippen molar-refractivity contribution in [3.05, 3.63) is 68.5 Å². The van der Waals surface area contributed by atoms with Gasteiger partial charge in [0.2, 0.25) is 0 Å². The molecule has 128 valence electrons. The fourth-order valence-corrected chi connectivity index (χ4v) is 4.92. The molecule has 1 aliphatic rings. The van der Waals surface area contributed by atoms with Crippen molar-refractivity contribution in [2.45, 2.75) is 12.5 Å². The first-order valence-corrected chi connectivity index (χ1v) is 9.83. The summed E-state index contributed by atoms with van der Waals surface area (Å²) in [7, 11) is 1.63. The second-order valence-electron chi connectivity index (χ2n) is 5.82. The number of anilines is 1. The second kappa shape index (κ2) is 6.90. The Kier molecular flexibility index (Phi) is 4.46. The maximum Gasteiger partial charge on any atom is 0.322 e. The molecule has 3 aromatic rings. The SMILES string of the molecule is COc1ccc(NC(=O)N2CCc3sccc3C2c2cccs2)cc1. The lowest BCUT2D eigenvalue weighted by molar-refractivity contribution is 0.195. The van der Waals surface area contributed by atoms with Gasteiger partial charge < -0.3 is 15.0 Å². The fraction of sp³-hybridized carbons (Fsp3) is 0.211. The molecule has 0 aliphatic carbocycles. The van der Waals surface area contributed by atoms with Gasteiger partial charge in [0.25, 0.3) is 0 Å². The number of methoxy groups -OCH3 is 1. The summed E-state index contributed by atoms with van der Waals surface area (Å²) < 4.78 is 5.17. The monoisotopic (exact) mass is 370 g/mol. The van der Waals surface area contributed by atoms with Crippen LogP contribution in [0.5, 0.6) is 5.75 Å². The van der Waals surface area contributed by atoms with E-state index in [1.54, 1.807) is 29.8 Å². The molecule has 4 rings (SSSR count). The normalized spacial score (nSPS) is 16.4. The number of benzene rings is 1. The third-order valence-electron chi connectivity index (χ3n) is 4.38. The number of carbonyl (C=O) groups is 1. The van der Waals surface area contributed by atoms with Crippen LogP contribution in [0.3, 0.4) is 0 Å². The van der Waals surface area contributed by atoms with Crippen molar-refractivity contribution in [2.75, 3.05) is 19.0 Å². The van der Waals surface area contributed by atoms with Crippen molar-refractivity contribution in [1.82, 2.24) is 4.90 Å². The molecule has 2 aromatic heterocycles. The van der Waals surface area contributed by atoms with E-state index in [0.717, 1.165) is 24.4 Å². The highest BCUT2D eigenvalue weighted by molar-refractivity contribution is 7.10. The van der Waals surface area contributed by atoms with Gasteiger partial charge in [-0.25, -0.2) is 4.79 Å². The number of carbonyl (C=O) groups excluding carboxylic acids is 1. The van der Waals surface area contributed by atoms with Crippen LogP contribution in [0.15, 0.2) is 53.2 Å². The molecule has 1 N–H and O–H groups in total. The molecule has 4 nitrogen and oxygen atoms in total. The van der Waals surface area contributed by atoms with E-state index in [1.807, 2.05) is 35.2 Å². The number of hydrogen-bond donors (Lipinski definition) is 1. The number of nitrogens with zero attached hydrogens (tertiary/aromatic N) is 1. The maximum absolute atomic E-state index is 13.0. The zero-order valence-corrected chi connectivity index (χ0v) is 15.4. The Bertz CT molecular complexity index is 856. The summed E-state index contributed by atoms with van der Waals surface area (Å²) in [5.41, 5.74) is 2.02. The highest BCUT2D eigenvalue weighted by Gasteiger charge is 2.33. The van der Waals surface area contributed by atoms with Gasteiger partial charge in [-0.2, -0.15) is 0 Å². The first-order chi connectivity index (χ1) is 12.3. The average Bonchev–Trinajstić information content (AvgIpc) is 3.33. The molecule has 0 bridgehead atoms. The first kappa shape index (κ1) is 16.2. The molecule has 1 aliphatic heterocycles. The minimum absolute atomic E-state index is 0.00625. The minimum atomic E-state index is -0.0691. The molecule has 0 saturated heterocycles. The van der Waals surface area contributed by atoms with Crippen LogP contribution in [0.1, 0.15) is 21.4 Å². The Morgan fingerprint density at radius 1 is 1.16 bits per heavy atom. The van der Waals surface area contributed by atoms with Crippen LogP contribution in [0.4, 0.5) is 10.5 Å². The van der Waals surface area contributed by atoms with E-state index in [1.165, 1.54) is 15.3 Å². The quantitative estimate of drug-likeness (QED) is 0.705. The summed E-state index contributed by atoms with van der Waals surface area (Å²) in [5.74, 6) is 0.773. The molecule has 0 saturated carbocycles. The molecule has 3 heterocycles. The zero-order valence-electron chi connectivity index (χ0n) is 13.8. The van der Waals surface area contributed by atoms with Gasteiger partial charge in [-0.05, 0) is 59.1 Å². The maximum atomic E-state index is 13.0. The van der Waals surface area contributed by atoms with E-state index in [0.29, 0.717) is 0 Å². The third kappa shape index (κ3) is 3.15. The van der Waals surface area contributed by atoms with Crippen molar-refractivity contribution in [3.63, 3.8) is 0 Å². The number of fused-ring (bicyclic) bond motifs is 1. The van der Waals surface area contributed by atoms with Crippen LogP contribution in [-0.4, -0.2) is 24.6 Å². The van der Waals surface area contributed by atoms with Gasteiger partial charge in [0, 0.05) is 22.0 Å². The molecule has 0 spiro atoms. The number of rotatable bonds is 3. The second-order valence-corrected chi connectivity index (χ2v) is 7.80. The average molecular weight is 370 g/mol. The Morgan fingerprint density at radius 2 is 2.00 bits per heavy atom. The van der Waals surface area contributed by atoms with E-state index < -0.39 is 0 Å². The summed E-state index contributed by atoms with van der Waals surface area (Å²) in [4.78, 5) is 17.5. The van der Waals surface area contributed by atoms with E-state index in [2.05, 4.69) is 28.2 Å². The molecule has 0 radical (unpaired) electrons. The molecule has 2 amide bonds. The molecular formula is C19H18N2O2S2. The van der Waals surface area contributed by atoms with Crippen molar-refractivity contribution in [3.8, 4) is 5.75 Å². The van der Waals surface area contributed by atoms with E-state index in [4.69, 9.17) is 4.74 Å². The van der Waals surface area contributed by atoms with Crippen molar-refractivity contribution in [2.24, 2.45) is 0 Å². The largest absolute Gasteiger partial charge is 0.497 e. The van der Waals surface area contributed by atoms with Crippen LogP contribution >= 0.6 is 22.7 Å². The number of nitrogens with one attached hydrogen (secondary N) is 1. The molecule has 0 fully saturated rings. The number of amides is 2. The van der Waals surface area contributed by atoms with Crippen molar-refractivity contribution < 1.29 is 9.53 Å². The lowest BCUT2D eigenvalue weighted by atomic mass is 9.99. The van der Waals surface area contributed by atoms with Crippen LogP contribution in [0.25, 0.3) is 0 Å². The van der Waals surface area contributed by atoms with Gasteiger partial charge in [-0.1, -0.05) is 6.07 Å². The molecule has 25 heavy (non-hydrogen) atoms. The standard InChI is InChI=1S/C19H18N2O2S2/c1-23-14-6-4-13(5-7-14)20-19(22)21-10-8-16-15(9-12-25-16)18(21)17-3-2-11-24-17/h2-7,9,11-12,18H,8,10H2,1H3,(H,20,22). The zero-order chi connectivity index (χ0) is 17.2. The lowest BCUT2D eigenvalue weighted by Gasteiger charge is -2.35. The highest BCUT2D eigenvalue weighted by Crippen LogP contribution is 2.39. The smallest absolute Gasteiger partial charge is 0.322 e. The summed E-state index contributed by atoms with van der Waals surface area (Å²) in [6, 6.07) is 13.6. The van der Waals surface area contributed by atoms with Gasteiger partial charge in [-0.15, -0.1) is 22.7 Å². The Labute approximate surface area is 154 Å². The number of ether oxygens (including phenoxy) is 1. The van der Waals surface area contributed by atoms with Crippen LogP contribution in [0, 0.1) is 0 Å². The number of thiophene rings is 2. The topological polar surface area (TPSA) is 41.6 Å². The van der Waals surface area contributed by atoms with Crippen LogP contribution in [-0.2, 0) is 6.42 Å². The predicted octanol–water partition coefficient (Wildman–Crippen LogP) is 5.00. The number of hydrogen-bond acceptors (Lipinski definition) is 4. The lowest BCUT2D eigenvalue weighted by Crippen LogP contribution is -2.42.